The van der Waals surface area contributed by atoms with E-state index in [-0.39, 0.29) is 24.9 Å². The molecule has 5 nitrogen and oxygen atoms in total. The fraction of sp³-hybridized carbons (Fsp3) is 0.500. The Kier molecular flexibility index (Phi) is 6.26. The summed E-state index contributed by atoms with van der Waals surface area (Å²) in [6.45, 7) is 3.12. The monoisotopic (exact) mass is 395 g/mol. The highest BCUT2D eigenvalue weighted by Gasteiger charge is 2.37. The molecule has 1 aromatic carbocycles. The van der Waals surface area contributed by atoms with E-state index in [0.29, 0.717) is 23.6 Å². The van der Waals surface area contributed by atoms with Gasteiger partial charge in [-0.1, -0.05) is 13.3 Å². The average molecular weight is 395 g/mol. The van der Waals surface area contributed by atoms with Gasteiger partial charge in [0.1, 0.15) is 5.75 Å². The molecule has 3 rings (SSSR count). The van der Waals surface area contributed by atoms with E-state index in [1.54, 1.807) is 24.3 Å². The number of nitrogens with one attached hydrogen (secondary N) is 1. The van der Waals surface area contributed by atoms with E-state index in [2.05, 4.69) is 17.3 Å². The van der Waals surface area contributed by atoms with E-state index in [0.717, 1.165) is 31.7 Å². The molecule has 0 spiro atoms. The number of halogens is 3. The normalized spacial score (nSPS) is 14.1. The molecule has 1 aliphatic carbocycles. The highest BCUT2D eigenvalue weighted by Crippen LogP contribution is 2.42. The predicted molar refractivity (Wildman–Crippen MR) is 98.4 cm³/mol. The van der Waals surface area contributed by atoms with Crippen LogP contribution in [0.25, 0.3) is 0 Å². The van der Waals surface area contributed by atoms with Gasteiger partial charge in [-0.15, -0.1) is 0 Å². The number of alkyl halides is 3. The minimum absolute atomic E-state index is 0.138. The second kappa shape index (κ2) is 8.67. The number of unbranched alkanes of at least 4 members (excludes halogenated alkanes) is 1. The molecule has 1 N–H and O–H groups in total. The largest absolute Gasteiger partial charge is 0.494 e. The van der Waals surface area contributed by atoms with Crippen LogP contribution in [0.5, 0.6) is 5.75 Å². The van der Waals surface area contributed by atoms with Gasteiger partial charge in [0, 0.05) is 23.7 Å². The van der Waals surface area contributed by atoms with Gasteiger partial charge in [0.25, 0.3) is 5.91 Å². The first kappa shape index (κ1) is 20.2. The van der Waals surface area contributed by atoms with E-state index in [4.69, 9.17) is 4.74 Å². The van der Waals surface area contributed by atoms with Gasteiger partial charge in [0.2, 0.25) is 0 Å². The minimum atomic E-state index is -4.46. The fourth-order valence-electron chi connectivity index (χ4n) is 2.87. The van der Waals surface area contributed by atoms with E-state index < -0.39 is 11.9 Å². The standard InChI is InChI=1S/C20H24F3N3O2/c1-2-3-12-28-16-8-6-15(7-9-16)19(27)24-10-11-26-17(14-4-5-14)13-18(25-26)20(21,22)23/h6-9,13-14H,2-5,10-12H2,1H3,(H,24,27). The Morgan fingerprint density at radius 3 is 2.61 bits per heavy atom. The SMILES string of the molecule is CCCCOc1ccc(C(=O)NCCn2nc(C(F)(F)F)cc2C2CC2)cc1. The summed E-state index contributed by atoms with van der Waals surface area (Å²) in [5, 5.41) is 6.42. The molecule has 1 saturated carbocycles. The summed E-state index contributed by atoms with van der Waals surface area (Å²) in [5.41, 5.74) is 0.191. The molecule has 0 radical (unpaired) electrons. The Balaban J connectivity index is 1.53. The van der Waals surface area contributed by atoms with Crippen molar-refractivity contribution in [3.8, 4) is 5.75 Å². The van der Waals surface area contributed by atoms with Gasteiger partial charge in [-0.3, -0.25) is 9.48 Å². The van der Waals surface area contributed by atoms with Crippen LogP contribution < -0.4 is 10.1 Å². The van der Waals surface area contributed by atoms with Gasteiger partial charge in [-0.25, -0.2) is 0 Å². The van der Waals surface area contributed by atoms with Crippen LogP contribution in [0, 0.1) is 0 Å². The molecular formula is C20H24F3N3O2. The minimum Gasteiger partial charge on any atom is -0.494 e. The van der Waals surface area contributed by atoms with Crippen molar-refractivity contribution in [2.75, 3.05) is 13.2 Å². The topological polar surface area (TPSA) is 56.1 Å². The molecule has 0 aliphatic heterocycles. The van der Waals surface area contributed by atoms with Crippen molar-refractivity contribution in [2.24, 2.45) is 0 Å². The molecule has 28 heavy (non-hydrogen) atoms. The van der Waals surface area contributed by atoms with Gasteiger partial charge in [0.15, 0.2) is 5.69 Å². The van der Waals surface area contributed by atoms with Crippen molar-refractivity contribution in [2.45, 2.75) is 51.2 Å². The summed E-state index contributed by atoms with van der Waals surface area (Å²) >= 11 is 0. The second-order valence-corrected chi connectivity index (χ2v) is 6.93. The van der Waals surface area contributed by atoms with E-state index in [9.17, 15) is 18.0 Å². The van der Waals surface area contributed by atoms with Crippen LogP contribution in [0.4, 0.5) is 13.2 Å². The van der Waals surface area contributed by atoms with Gasteiger partial charge in [-0.05, 0) is 49.6 Å². The lowest BCUT2D eigenvalue weighted by molar-refractivity contribution is -0.141. The number of nitrogens with zero attached hydrogens (tertiary/aromatic N) is 2. The highest BCUT2D eigenvalue weighted by molar-refractivity contribution is 5.94. The fourth-order valence-corrected chi connectivity index (χ4v) is 2.87. The summed E-state index contributed by atoms with van der Waals surface area (Å²) in [5.74, 6) is 0.561. The molecule has 152 valence electrons. The quantitative estimate of drug-likeness (QED) is 0.641. The lowest BCUT2D eigenvalue weighted by Crippen LogP contribution is -2.28. The van der Waals surface area contributed by atoms with Crippen LogP contribution in [0.3, 0.4) is 0 Å². The molecule has 1 amide bonds. The summed E-state index contributed by atoms with van der Waals surface area (Å²) in [6.07, 6.45) is -0.693. The summed E-state index contributed by atoms with van der Waals surface area (Å²) < 4.78 is 45.7. The maximum absolute atomic E-state index is 12.9. The molecule has 1 aromatic heterocycles. The van der Waals surface area contributed by atoms with Gasteiger partial charge in [-0.2, -0.15) is 18.3 Å². The third-order valence-electron chi connectivity index (χ3n) is 4.59. The lowest BCUT2D eigenvalue weighted by atomic mass is 10.2. The van der Waals surface area contributed by atoms with Gasteiger partial charge < -0.3 is 10.1 Å². The molecule has 2 aromatic rings. The number of benzene rings is 1. The number of amides is 1. The number of rotatable bonds is 9. The number of carbonyl (C=O) groups excluding carboxylic acids is 1. The summed E-state index contributed by atoms with van der Waals surface area (Å²) in [6, 6.07) is 7.93. The zero-order valence-electron chi connectivity index (χ0n) is 15.8. The van der Waals surface area contributed by atoms with Crippen LogP contribution in [-0.2, 0) is 12.7 Å². The van der Waals surface area contributed by atoms with Crippen LogP contribution in [0.2, 0.25) is 0 Å². The van der Waals surface area contributed by atoms with Crippen LogP contribution >= 0.6 is 0 Å². The number of ether oxygens (including phenoxy) is 1. The smallest absolute Gasteiger partial charge is 0.435 e. The van der Waals surface area contributed by atoms with Crippen LogP contribution in [-0.4, -0.2) is 28.8 Å². The second-order valence-electron chi connectivity index (χ2n) is 6.93. The lowest BCUT2D eigenvalue weighted by Gasteiger charge is -2.09. The molecule has 1 fully saturated rings. The molecule has 1 aliphatic rings. The van der Waals surface area contributed by atoms with Crippen LogP contribution in [0.1, 0.15) is 60.3 Å². The summed E-state index contributed by atoms with van der Waals surface area (Å²) in [4.78, 5) is 12.2. The van der Waals surface area contributed by atoms with E-state index in [1.807, 2.05) is 0 Å². The first-order chi connectivity index (χ1) is 13.4. The van der Waals surface area contributed by atoms with Crippen molar-refractivity contribution < 1.29 is 22.7 Å². The number of carbonyl (C=O) groups is 1. The third-order valence-corrected chi connectivity index (χ3v) is 4.59. The first-order valence-corrected chi connectivity index (χ1v) is 9.54. The van der Waals surface area contributed by atoms with E-state index in [1.165, 1.54) is 4.68 Å². The maximum Gasteiger partial charge on any atom is 0.435 e. The molecule has 0 atom stereocenters. The zero-order valence-corrected chi connectivity index (χ0v) is 15.8. The molecule has 8 heteroatoms. The molecule has 1 heterocycles. The van der Waals surface area contributed by atoms with Gasteiger partial charge >= 0.3 is 6.18 Å². The first-order valence-electron chi connectivity index (χ1n) is 9.54. The molecule has 0 bridgehead atoms. The Bertz CT molecular complexity index is 796. The predicted octanol–water partition coefficient (Wildman–Crippen LogP) is 4.39. The van der Waals surface area contributed by atoms with Crippen molar-refractivity contribution in [1.29, 1.82) is 0 Å². The number of hydrogen-bond acceptors (Lipinski definition) is 3. The third kappa shape index (κ3) is 5.27. The maximum atomic E-state index is 12.9. The Morgan fingerprint density at radius 1 is 1.29 bits per heavy atom. The molecular weight excluding hydrogens is 371 g/mol. The summed E-state index contributed by atoms with van der Waals surface area (Å²) in [7, 11) is 0. The Hall–Kier alpha value is -2.51. The highest BCUT2D eigenvalue weighted by atomic mass is 19.4. The Morgan fingerprint density at radius 2 is 2.00 bits per heavy atom. The van der Waals surface area contributed by atoms with Crippen molar-refractivity contribution in [3.05, 3.63) is 47.3 Å². The van der Waals surface area contributed by atoms with Crippen molar-refractivity contribution in [1.82, 2.24) is 15.1 Å². The van der Waals surface area contributed by atoms with Crippen LogP contribution in [0.15, 0.2) is 30.3 Å². The number of aromatic nitrogens is 2. The van der Waals surface area contributed by atoms with Crippen molar-refractivity contribution >= 4 is 5.91 Å². The number of hydrogen-bond donors (Lipinski definition) is 1. The Labute approximate surface area is 161 Å². The average Bonchev–Trinajstić information content (AvgIpc) is 3.41. The molecule has 0 unspecified atom stereocenters. The van der Waals surface area contributed by atoms with Gasteiger partial charge in [0.05, 0.1) is 13.2 Å². The molecule has 0 saturated heterocycles. The van der Waals surface area contributed by atoms with E-state index >= 15 is 0 Å². The zero-order chi connectivity index (χ0) is 20.1. The van der Waals surface area contributed by atoms with Crippen molar-refractivity contribution in [3.63, 3.8) is 0 Å².